The summed E-state index contributed by atoms with van der Waals surface area (Å²) in [5, 5.41) is 8.01. The van der Waals surface area contributed by atoms with Crippen LogP contribution in [0.15, 0.2) is 45.6 Å². The van der Waals surface area contributed by atoms with Gasteiger partial charge in [0.1, 0.15) is 5.69 Å². The lowest BCUT2D eigenvalue weighted by atomic mass is 10.2. The maximum atomic E-state index is 12.6. The predicted octanol–water partition coefficient (Wildman–Crippen LogP) is 1.83. The highest BCUT2D eigenvalue weighted by molar-refractivity contribution is 5.91. The Morgan fingerprint density at radius 2 is 2.00 bits per heavy atom. The molecule has 0 saturated carbocycles. The Balaban J connectivity index is 1.41. The van der Waals surface area contributed by atoms with Gasteiger partial charge in [-0.1, -0.05) is 16.4 Å². The van der Waals surface area contributed by atoms with Crippen molar-refractivity contribution in [1.29, 1.82) is 0 Å². The lowest BCUT2D eigenvalue weighted by Gasteiger charge is -2.25. The lowest BCUT2D eigenvalue weighted by Crippen LogP contribution is -2.36. The van der Waals surface area contributed by atoms with Crippen LogP contribution in [0.2, 0.25) is 0 Å². The van der Waals surface area contributed by atoms with E-state index in [1.807, 2.05) is 23.1 Å². The zero-order valence-electron chi connectivity index (χ0n) is 14.9. The fraction of sp³-hybridized carbons (Fsp3) is 0.333. The zero-order chi connectivity index (χ0) is 18.6. The predicted molar refractivity (Wildman–Crippen MR) is 95.1 cm³/mol. The van der Waals surface area contributed by atoms with Crippen LogP contribution < -0.4 is 4.90 Å². The van der Waals surface area contributed by atoms with Crippen molar-refractivity contribution in [2.45, 2.75) is 6.54 Å². The summed E-state index contributed by atoms with van der Waals surface area (Å²) in [5.41, 5.74) is 1.34. The fourth-order valence-corrected chi connectivity index (χ4v) is 2.82. The summed E-state index contributed by atoms with van der Waals surface area (Å²) in [6.45, 7) is 2.99. The molecule has 1 amide bonds. The number of amides is 1. The molecule has 0 radical (unpaired) electrons. The molecule has 0 spiro atoms. The molecule has 140 valence electrons. The number of rotatable bonds is 5. The molecule has 4 heterocycles. The van der Waals surface area contributed by atoms with E-state index < -0.39 is 0 Å². The Kier molecular flexibility index (Phi) is 4.84. The molecule has 1 aliphatic rings. The van der Waals surface area contributed by atoms with Crippen molar-refractivity contribution < 1.29 is 18.6 Å². The largest absolute Gasteiger partial charge is 0.378 e. The minimum absolute atomic E-state index is 0.184. The van der Waals surface area contributed by atoms with Crippen molar-refractivity contribution in [2.24, 2.45) is 0 Å². The first kappa shape index (κ1) is 17.2. The molecule has 0 atom stereocenters. The second kappa shape index (κ2) is 7.58. The van der Waals surface area contributed by atoms with Gasteiger partial charge in [0.05, 0.1) is 25.5 Å². The number of aromatic nitrogens is 3. The molecular formula is C18H19N5O4. The summed E-state index contributed by atoms with van der Waals surface area (Å²) in [7, 11) is 1.67. The van der Waals surface area contributed by atoms with Crippen molar-refractivity contribution >= 4 is 11.7 Å². The van der Waals surface area contributed by atoms with Crippen molar-refractivity contribution in [3.8, 4) is 11.4 Å². The quantitative estimate of drug-likeness (QED) is 0.672. The monoisotopic (exact) mass is 369 g/mol. The molecule has 9 heteroatoms. The third-order valence-electron chi connectivity index (χ3n) is 4.27. The highest BCUT2D eigenvalue weighted by atomic mass is 16.5. The van der Waals surface area contributed by atoms with E-state index in [1.165, 1.54) is 4.90 Å². The molecule has 1 fully saturated rings. The number of morpholine rings is 1. The number of nitrogens with zero attached hydrogens (tertiary/aromatic N) is 5. The van der Waals surface area contributed by atoms with Gasteiger partial charge in [0.25, 0.3) is 5.91 Å². The molecule has 1 saturated heterocycles. The highest BCUT2D eigenvalue weighted by Crippen LogP contribution is 2.20. The Bertz CT molecular complexity index is 901. The van der Waals surface area contributed by atoms with Crippen molar-refractivity contribution in [1.82, 2.24) is 20.2 Å². The van der Waals surface area contributed by atoms with Gasteiger partial charge < -0.3 is 23.6 Å². The van der Waals surface area contributed by atoms with Gasteiger partial charge in [0.2, 0.25) is 5.76 Å². The van der Waals surface area contributed by atoms with Crippen LogP contribution in [0.25, 0.3) is 11.4 Å². The Morgan fingerprint density at radius 3 is 2.78 bits per heavy atom. The van der Waals surface area contributed by atoms with Crippen molar-refractivity contribution in [3.05, 3.63) is 48.0 Å². The number of pyridine rings is 1. The number of carbonyl (C=O) groups is 1. The van der Waals surface area contributed by atoms with Gasteiger partial charge in [-0.15, -0.1) is 0 Å². The molecule has 27 heavy (non-hydrogen) atoms. The standard InChI is InChI=1S/C18H19N5O4/c1-22(12-13-10-15(20-26-13)14-4-2-3-5-19-14)18(24)16-11-17(21-27-16)23-6-8-25-9-7-23/h2-5,10-11H,6-9,12H2,1H3. The first-order valence-corrected chi connectivity index (χ1v) is 8.62. The number of anilines is 1. The third-order valence-corrected chi connectivity index (χ3v) is 4.27. The van der Waals surface area contributed by atoms with Crippen LogP contribution >= 0.6 is 0 Å². The van der Waals surface area contributed by atoms with E-state index in [1.54, 1.807) is 25.4 Å². The topological polar surface area (TPSA) is 97.7 Å². The highest BCUT2D eigenvalue weighted by Gasteiger charge is 2.22. The molecule has 0 bridgehead atoms. The molecule has 9 nitrogen and oxygen atoms in total. The van der Waals surface area contributed by atoms with Gasteiger partial charge in [0, 0.05) is 38.5 Å². The van der Waals surface area contributed by atoms with Crippen LogP contribution in [-0.2, 0) is 11.3 Å². The molecule has 0 unspecified atom stereocenters. The Morgan fingerprint density at radius 1 is 1.15 bits per heavy atom. The Labute approximate surface area is 155 Å². The molecule has 0 aromatic carbocycles. The summed E-state index contributed by atoms with van der Waals surface area (Å²) in [5.74, 6) is 1.10. The van der Waals surface area contributed by atoms with E-state index in [4.69, 9.17) is 13.8 Å². The summed E-state index contributed by atoms with van der Waals surface area (Å²) in [4.78, 5) is 20.3. The van der Waals surface area contributed by atoms with Crippen LogP contribution in [0.5, 0.6) is 0 Å². The van der Waals surface area contributed by atoms with E-state index in [0.717, 1.165) is 13.1 Å². The molecule has 3 aromatic rings. The van der Waals surface area contributed by atoms with Gasteiger partial charge in [-0.25, -0.2) is 0 Å². The number of hydrogen-bond donors (Lipinski definition) is 0. The van der Waals surface area contributed by atoms with Crippen LogP contribution in [0, 0.1) is 0 Å². The van der Waals surface area contributed by atoms with E-state index in [9.17, 15) is 4.79 Å². The summed E-state index contributed by atoms with van der Waals surface area (Å²) < 4.78 is 15.9. The van der Waals surface area contributed by atoms with Gasteiger partial charge in [-0.05, 0) is 12.1 Å². The Hall–Kier alpha value is -3.20. The van der Waals surface area contributed by atoms with E-state index >= 15 is 0 Å². The van der Waals surface area contributed by atoms with Crippen LogP contribution in [0.1, 0.15) is 16.3 Å². The normalized spacial score (nSPS) is 14.3. The maximum absolute atomic E-state index is 12.6. The number of hydrogen-bond acceptors (Lipinski definition) is 8. The lowest BCUT2D eigenvalue weighted by molar-refractivity contribution is 0.0730. The molecule has 1 aliphatic heterocycles. The summed E-state index contributed by atoms with van der Waals surface area (Å²) in [6.07, 6.45) is 1.69. The average Bonchev–Trinajstić information content (AvgIpc) is 3.39. The number of ether oxygens (including phenoxy) is 1. The van der Waals surface area contributed by atoms with Crippen molar-refractivity contribution in [3.63, 3.8) is 0 Å². The van der Waals surface area contributed by atoms with Crippen molar-refractivity contribution in [2.75, 3.05) is 38.3 Å². The van der Waals surface area contributed by atoms with Gasteiger partial charge in [0.15, 0.2) is 11.6 Å². The first-order valence-electron chi connectivity index (χ1n) is 8.62. The van der Waals surface area contributed by atoms with Crippen LogP contribution in [-0.4, -0.2) is 59.5 Å². The smallest absolute Gasteiger partial charge is 0.292 e. The molecule has 0 aliphatic carbocycles. The average molecular weight is 369 g/mol. The van der Waals surface area contributed by atoms with E-state index in [2.05, 4.69) is 15.3 Å². The van der Waals surface area contributed by atoms with E-state index in [-0.39, 0.29) is 18.2 Å². The molecular weight excluding hydrogens is 350 g/mol. The van der Waals surface area contributed by atoms with Crippen LogP contribution in [0.4, 0.5) is 5.82 Å². The molecule has 4 rings (SSSR count). The molecule has 0 N–H and O–H groups in total. The SMILES string of the molecule is CN(Cc1cc(-c2ccccn2)no1)C(=O)c1cc(N2CCOCC2)no1. The summed E-state index contributed by atoms with van der Waals surface area (Å²) in [6, 6.07) is 8.98. The minimum Gasteiger partial charge on any atom is -0.378 e. The van der Waals surface area contributed by atoms with Crippen LogP contribution in [0.3, 0.4) is 0 Å². The third kappa shape index (κ3) is 3.82. The molecule has 3 aromatic heterocycles. The second-order valence-corrected chi connectivity index (χ2v) is 6.20. The second-order valence-electron chi connectivity index (χ2n) is 6.20. The fourth-order valence-electron chi connectivity index (χ4n) is 2.82. The summed E-state index contributed by atoms with van der Waals surface area (Å²) >= 11 is 0. The van der Waals surface area contributed by atoms with Gasteiger partial charge in [-0.2, -0.15) is 0 Å². The van der Waals surface area contributed by atoms with Gasteiger partial charge in [-0.3, -0.25) is 9.78 Å². The maximum Gasteiger partial charge on any atom is 0.292 e. The minimum atomic E-state index is -0.280. The first-order chi connectivity index (χ1) is 13.2. The number of carbonyl (C=O) groups excluding carboxylic acids is 1. The van der Waals surface area contributed by atoms with Gasteiger partial charge >= 0.3 is 0 Å². The van der Waals surface area contributed by atoms with E-state index in [0.29, 0.717) is 36.2 Å². The zero-order valence-corrected chi connectivity index (χ0v) is 14.9.